The number of piperidine rings is 1. The molecular weight excluding hydrogens is 554 g/mol. The standard InChI is InChI=1S/C29H30ClN3O6S/c1-38-24-8-4-21(5-9-24)29(35)33-16-13-19-3-7-23(18-25(19)33)31-28(34)20-11-14-32(15-12-20)40(36,37)27-17-22(30)6-10-26(27)39-2/h3-10,17-18,20H,11-16H2,1-2H3,(H,31,34). The van der Waals surface area contributed by atoms with Crippen LogP contribution in [0.2, 0.25) is 5.02 Å². The summed E-state index contributed by atoms with van der Waals surface area (Å²) >= 11 is 6.05. The normalized spacial score (nSPS) is 15.9. The number of carbonyl (C=O) groups excluding carboxylic acids is 2. The Morgan fingerprint density at radius 2 is 1.65 bits per heavy atom. The van der Waals surface area contributed by atoms with E-state index in [9.17, 15) is 18.0 Å². The van der Waals surface area contributed by atoms with Crippen LogP contribution in [0, 0.1) is 5.92 Å². The molecule has 11 heteroatoms. The van der Waals surface area contributed by atoms with Gasteiger partial charge in [-0.3, -0.25) is 9.59 Å². The van der Waals surface area contributed by atoms with Crippen LogP contribution in [0.15, 0.2) is 65.6 Å². The van der Waals surface area contributed by atoms with Crippen molar-refractivity contribution < 1.29 is 27.5 Å². The number of fused-ring (bicyclic) bond motifs is 1. The number of hydrogen-bond donors (Lipinski definition) is 1. The van der Waals surface area contributed by atoms with Crippen molar-refractivity contribution in [2.75, 3.05) is 44.1 Å². The molecule has 2 heterocycles. The summed E-state index contributed by atoms with van der Waals surface area (Å²) in [4.78, 5) is 28.1. The first kappa shape index (κ1) is 27.9. The van der Waals surface area contributed by atoms with E-state index in [-0.39, 0.29) is 41.5 Å². The number of anilines is 2. The Hall–Kier alpha value is -3.60. The van der Waals surface area contributed by atoms with Gasteiger partial charge in [-0.15, -0.1) is 0 Å². The number of nitrogens with zero attached hydrogens (tertiary/aromatic N) is 2. The van der Waals surface area contributed by atoms with Gasteiger partial charge in [0.1, 0.15) is 16.4 Å². The number of hydrogen-bond acceptors (Lipinski definition) is 6. The maximum Gasteiger partial charge on any atom is 0.258 e. The predicted octanol–water partition coefficient (Wildman–Crippen LogP) is 4.60. The Morgan fingerprint density at radius 3 is 2.33 bits per heavy atom. The van der Waals surface area contributed by atoms with Crippen molar-refractivity contribution in [2.24, 2.45) is 5.92 Å². The van der Waals surface area contributed by atoms with E-state index in [1.165, 1.54) is 23.5 Å². The van der Waals surface area contributed by atoms with Gasteiger partial charge < -0.3 is 19.7 Å². The third kappa shape index (κ3) is 5.52. The van der Waals surface area contributed by atoms with E-state index in [4.69, 9.17) is 21.1 Å². The minimum Gasteiger partial charge on any atom is -0.497 e. The summed E-state index contributed by atoms with van der Waals surface area (Å²) in [6, 6.07) is 17.0. The van der Waals surface area contributed by atoms with Crippen LogP contribution in [-0.2, 0) is 21.2 Å². The van der Waals surface area contributed by atoms with Crippen molar-refractivity contribution in [3.63, 3.8) is 0 Å². The Bertz CT molecular complexity index is 1540. The number of carbonyl (C=O) groups is 2. The third-order valence-electron chi connectivity index (χ3n) is 7.40. The highest BCUT2D eigenvalue weighted by atomic mass is 35.5. The molecule has 2 aliphatic rings. The van der Waals surface area contributed by atoms with E-state index in [2.05, 4.69) is 5.32 Å². The molecule has 0 unspecified atom stereocenters. The number of methoxy groups -OCH3 is 2. The van der Waals surface area contributed by atoms with E-state index in [1.54, 1.807) is 42.3 Å². The van der Waals surface area contributed by atoms with Crippen molar-refractivity contribution in [1.82, 2.24) is 4.31 Å². The van der Waals surface area contributed by atoms with Crippen LogP contribution in [0.3, 0.4) is 0 Å². The number of benzene rings is 3. The molecular formula is C29H30ClN3O6S. The average Bonchev–Trinajstić information content (AvgIpc) is 3.40. The zero-order valence-corrected chi connectivity index (χ0v) is 23.8. The highest BCUT2D eigenvalue weighted by Crippen LogP contribution is 2.34. The quantitative estimate of drug-likeness (QED) is 0.436. The highest BCUT2D eigenvalue weighted by molar-refractivity contribution is 7.89. The number of ether oxygens (including phenoxy) is 2. The van der Waals surface area contributed by atoms with Gasteiger partial charge in [0.05, 0.1) is 14.2 Å². The SMILES string of the molecule is COc1ccc(C(=O)N2CCc3ccc(NC(=O)C4CCN(S(=O)(=O)c5cc(Cl)ccc5OC)CC4)cc32)cc1. The summed E-state index contributed by atoms with van der Waals surface area (Å²) in [5.41, 5.74) is 2.96. The molecule has 2 amide bonds. The first-order valence-electron chi connectivity index (χ1n) is 12.9. The fraction of sp³-hybridized carbons (Fsp3) is 0.310. The van der Waals surface area contributed by atoms with Crippen molar-refractivity contribution in [3.8, 4) is 11.5 Å². The molecule has 0 bridgehead atoms. The molecule has 0 spiro atoms. The van der Waals surface area contributed by atoms with E-state index in [1.807, 2.05) is 18.2 Å². The van der Waals surface area contributed by atoms with Crippen LogP contribution in [0.5, 0.6) is 11.5 Å². The largest absolute Gasteiger partial charge is 0.497 e. The lowest BCUT2D eigenvalue weighted by Gasteiger charge is -2.31. The molecule has 3 aromatic rings. The highest BCUT2D eigenvalue weighted by Gasteiger charge is 2.34. The second-order valence-corrected chi connectivity index (χ2v) is 12.1. The Balaban J connectivity index is 1.24. The van der Waals surface area contributed by atoms with Gasteiger partial charge in [0.2, 0.25) is 15.9 Å². The summed E-state index contributed by atoms with van der Waals surface area (Å²) in [7, 11) is -0.850. The Kier molecular flexibility index (Phi) is 8.02. The van der Waals surface area contributed by atoms with E-state index in [0.29, 0.717) is 41.4 Å². The van der Waals surface area contributed by atoms with Crippen LogP contribution in [0.4, 0.5) is 11.4 Å². The first-order chi connectivity index (χ1) is 19.2. The topological polar surface area (TPSA) is 105 Å². The molecule has 1 N–H and O–H groups in total. The molecule has 210 valence electrons. The van der Waals surface area contributed by atoms with Crippen molar-refractivity contribution in [3.05, 3.63) is 76.8 Å². The molecule has 0 atom stereocenters. The van der Waals surface area contributed by atoms with Gasteiger partial charge in [-0.05, 0) is 79.4 Å². The fourth-order valence-corrected chi connectivity index (χ4v) is 7.04. The second-order valence-electron chi connectivity index (χ2n) is 9.74. The van der Waals surface area contributed by atoms with Crippen molar-refractivity contribution in [1.29, 1.82) is 0 Å². The third-order valence-corrected chi connectivity index (χ3v) is 9.55. The molecule has 1 fully saturated rings. The molecule has 5 rings (SSSR count). The van der Waals surface area contributed by atoms with E-state index >= 15 is 0 Å². The monoisotopic (exact) mass is 583 g/mol. The molecule has 1 saturated heterocycles. The lowest BCUT2D eigenvalue weighted by atomic mass is 9.97. The van der Waals surface area contributed by atoms with Gasteiger partial charge in [-0.2, -0.15) is 4.31 Å². The fourth-order valence-electron chi connectivity index (χ4n) is 5.15. The van der Waals surface area contributed by atoms with Gasteiger partial charge in [-0.1, -0.05) is 17.7 Å². The number of sulfonamides is 1. The van der Waals surface area contributed by atoms with Crippen LogP contribution >= 0.6 is 11.6 Å². The molecule has 0 aromatic heterocycles. The smallest absolute Gasteiger partial charge is 0.258 e. The van der Waals surface area contributed by atoms with Gasteiger partial charge in [0, 0.05) is 47.5 Å². The predicted molar refractivity (Wildman–Crippen MR) is 153 cm³/mol. The number of nitrogens with one attached hydrogen (secondary N) is 1. The van der Waals surface area contributed by atoms with Crippen molar-refractivity contribution >= 4 is 44.8 Å². The van der Waals surface area contributed by atoms with Crippen LogP contribution in [0.25, 0.3) is 0 Å². The summed E-state index contributed by atoms with van der Waals surface area (Å²) in [6.07, 6.45) is 1.48. The Morgan fingerprint density at radius 1 is 0.925 bits per heavy atom. The second kappa shape index (κ2) is 11.5. The maximum absolute atomic E-state index is 13.3. The first-order valence-corrected chi connectivity index (χ1v) is 14.8. The number of amides is 2. The van der Waals surface area contributed by atoms with Crippen LogP contribution < -0.4 is 19.7 Å². The molecule has 40 heavy (non-hydrogen) atoms. The Labute approximate surface area is 238 Å². The van der Waals surface area contributed by atoms with Gasteiger partial charge in [-0.25, -0.2) is 8.42 Å². The molecule has 2 aliphatic heterocycles. The number of rotatable bonds is 7. The molecule has 9 nitrogen and oxygen atoms in total. The molecule has 0 aliphatic carbocycles. The molecule has 0 saturated carbocycles. The molecule has 0 radical (unpaired) electrons. The zero-order valence-electron chi connectivity index (χ0n) is 22.2. The van der Waals surface area contributed by atoms with Crippen LogP contribution in [0.1, 0.15) is 28.8 Å². The van der Waals surface area contributed by atoms with Gasteiger partial charge >= 0.3 is 0 Å². The summed E-state index contributed by atoms with van der Waals surface area (Å²) in [6.45, 7) is 0.955. The zero-order chi connectivity index (χ0) is 28.4. The van der Waals surface area contributed by atoms with E-state index < -0.39 is 10.0 Å². The molecule has 3 aromatic carbocycles. The summed E-state index contributed by atoms with van der Waals surface area (Å²) in [5.74, 6) is 0.257. The number of halogens is 1. The minimum absolute atomic E-state index is 0.0114. The van der Waals surface area contributed by atoms with Gasteiger partial charge in [0.25, 0.3) is 5.91 Å². The lowest BCUT2D eigenvalue weighted by Crippen LogP contribution is -2.41. The van der Waals surface area contributed by atoms with Gasteiger partial charge in [0.15, 0.2) is 0 Å². The summed E-state index contributed by atoms with van der Waals surface area (Å²) < 4.78 is 38.3. The van der Waals surface area contributed by atoms with E-state index in [0.717, 1.165) is 17.7 Å². The summed E-state index contributed by atoms with van der Waals surface area (Å²) in [5, 5.41) is 3.27. The van der Waals surface area contributed by atoms with Crippen molar-refractivity contribution in [2.45, 2.75) is 24.2 Å². The minimum atomic E-state index is -3.84. The maximum atomic E-state index is 13.3. The average molecular weight is 584 g/mol. The lowest BCUT2D eigenvalue weighted by molar-refractivity contribution is -0.120. The van der Waals surface area contributed by atoms with Crippen LogP contribution in [-0.4, -0.2) is 58.4 Å².